The van der Waals surface area contributed by atoms with E-state index in [4.69, 9.17) is 10.5 Å². The molecule has 23 heavy (non-hydrogen) atoms. The number of nitrogens with two attached hydrogens (primary N) is 1. The Morgan fingerprint density at radius 2 is 2.22 bits per heavy atom. The van der Waals surface area contributed by atoms with Gasteiger partial charge in [-0.3, -0.25) is 4.79 Å². The predicted octanol–water partition coefficient (Wildman–Crippen LogP) is 2.01. The zero-order valence-electron chi connectivity index (χ0n) is 14.1. The average molecular weight is 318 g/mol. The van der Waals surface area contributed by atoms with Crippen LogP contribution in [0.4, 0.5) is 5.69 Å². The van der Waals surface area contributed by atoms with Crippen LogP contribution in [-0.2, 0) is 16.1 Å². The molecule has 0 bridgehead atoms. The van der Waals surface area contributed by atoms with Crippen LogP contribution >= 0.6 is 0 Å². The highest BCUT2D eigenvalue weighted by Gasteiger charge is 2.23. The van der Waals surface area contributed by atoms with Crippen LogP contribution in [0.3, 0.4) is 0 Å². The van der Waals surface area contributed by atoms with Crippen LogP contribution in [0, 0.1) is 0 Å². The number of amides is 1. The van der Waals surface area contributed by atoms with E-state index in [0.29, 0.717) is 19.1 Å². The van der Waals surface area contributed by atoms with Crippen molar-refractivity contribution in [3.8, 4) is 0 Å². The van der Waals surface area contributed by atoms with Gasteiger partial charge in [0.1, 0.15) is 6.10 Å². The number of carbonyl (C=O) groups excluding carboxylic acids is 1. The first-order valence-electron chi connectivity index (χ1n) is 7.93. The van der Waals surface area contributed by atoms with Crippen LogP contribution in [0.1, 0.15) is 39.2 Å². The zero-order chi connectivity index (χ0) is 16.9. The van der Waals surface area contributed by atoms with Gasteiger partial charge in [0.2, 0.25) is 0 Å². The van der Waals surface area contributed by atoms with Gasteiger partial charge < -0.3 is 21.1 Å². The van der Waals surface area contributed by atoms with E-state index in [1.165, 1.54) is 0 Å². The van der Waals surface area contributed by atoms with Gasteiger partial charge in [-0.1, -0.05) is 12.1 Å². The Kier molecular flexibility index (Phi) is 5.60. The minimum atomic E-state index is -0.330. The van der Waals surface area contributed by atoms with Crippen molar-refractivity contribution in [1.29, 1.82) is 0 Å². The van der Waals surface area contributed by atoms with Crippen LogP contribution in [0.5, 0.6) is 0 Å². The van der Waals surface area contributed by atoms with Gasteiger partial charge in [0.05, 0.1) is 6.54 Å². The number of hydrogen-bond donors (Lipinski definition) is 3. The number of carbonyl (C=O) groups is 1. The molecule has 1 aromatic carbocycles. The van der Waals surface area contributed by atoms with Crippen molar-refractivity contribution in [2.24, 2.45) is 10.7 Å². The summed E-state index contributed by atoms with van der Waals surface area (Å²) in [6.45, 7) is 7.19. The third-order valence-electron chi connectivity index (χ3n) is 3.35. The van der Waals surface area contributed by atoms with Gasteiger partial charge in [0, 0.05) is 17.8 Å². The first-order chi connectivity index (χ1) is 10.8. The summed E-state index contributed by atoms with van der Waals surface area (Å²) in [7, 11) is 0. The van der Waals surface area contributed by atoms with E-state index in [9.17, 15) is 4.79 Å². The van der Waals surface area contributed by atoms with Crippen LogP contribution in [0.15, 0.2) is 29.3 Å². The van der Waals surface area contributed by atoms with Crippen molar-refractivity contribution < 1.29 is 9.53 Å². The van der Waals surface area contributed by atoms with E-state index in [0.717, 1.165) is 24.1 Å². The number of ether oxygens (including phenoxy) is 1. The highest BCUT2D eigenvalue weighted by Crippen LogP contribution is 2.16. The second-order valence-electron chi connectivity index (χ2n) is 6.77. The standard InChI is InChI=1S/C17H26N4O2/c1-17(2,3)21-16(18)19-11-12-6-4-7-13(10-12)20-15(22)14-8-5-9-23-14/h4,6-7,10,14H,5,8-9,11H2,1-3H3,(H,20,22)(H3,18,19,21). The van der Waals surface area contributed by atoms with Crippen molar-refractivity contribution in [1.82, 2.24) is 5.32 Å². The molecule has 126 valence electrons. The molecule has 2 rings (SSSR count). The van der Waals surface area contributed by atoms with Crippen molar-refractivity contribution in [3.63, 3.8) is 0 Å². The molecule has 1 unspecified atom stereocenters. The third-order valence-corrected chi connectivity index (χ3v) is 3.35. The molecule has 0 radical (unpaired) electrons. The SMILES string of the molecule is CC(C)(C)NC(N)=NCc1cccc(NC(=O)C2CCCO2)c1. The second-order valence-corrected chi connectivity index (χ2v) is 6.77. The number of aliphatic imine (C=N–C) groups is 1. The molecule has 1 aromatic rings. The summed E-state index contributed by atoms with van der Waals surface area (Å²) in [5, 5.41) is 6.01. The molecule has 1 saturated heterocycles. The summed E-state index contributed by atoms with van der Waals surface area (Å²) in [4.78, 5) is 16.4. The monoisotopic (exact) mass is 318 g/mol. The lowest BCUT2D eigenvalue weighted by atomic mass is 10.1. The van der Waals surface area contributed by atoms with Crippen LogP contribution in [0.25, 0.3) is 0 Å². The van der Waals surface area contributed by atoms with E-state index in [1.54, 1.807) is 0 Å². The van der Waals surface area contributed by atoms with Gasteiger partial charge in [-0.05, 0) is 51.3 Å². The molecule has 1 heterocycles. The fourth-order valence-corrected chi connectivity index (χ4v) is 2.35. The highest BCUT2D eigenvalue weighted by molar-refractivity contribution is 5.94. The maximum absolute atomic E-state index is 12.1. The van der Waals surface area contributed by atoms with Gasteiger partial charge in [0.15, 0.2) is 5.96 Å². The van der Waals surface area contributed by atoms with Crippen molar-refractivity contribution in [3.05, 3.63) is 29.8 Å². The molecule has 1 atom stereocenters. The predicted molar refractivity (Wildman–Crippen MR) is 92.3 cm³/mol. The Morgan fingerprint density at radius 1 is 1.43 bits per heavy atom. The lowest BCUT2D eigenvalue weighted by Crippen LogP contribution is -2.44. The first kappa shape index (κ1) is 17.3. The smallest absolute Gasteiger partial charge is 0.253 e. The Balaban J connectivity index is 1.94. The van der Waals surface area contributed by atoms with E-state index >= 15 is 0 Å². The van der Waals surface area contributed by atoms with Crippen LogP contribution < -0.4 is 16.4 Å². The zero-order valence-corrected chi connectivity index (χ0v) is 14.1. The number of nitrogens with one attached hydrogen (secondary N) is 2. The first-order valence-corrected chi connectivity index (χ1v) is 7.93. The lowest BCUT2D eigenvalue weighted by molar-refractivity contribution is -0.124. The molecule has 0 aromatic heterocycles. The van der Waals surface area contributed by atoms with E-state index in [-0.39, 0.29) is 17.6 Å². The van der Waals surface area contributed by atoms with Gasteiger partial charge in [-0.2, -0.15) is 0 Å². The summed E-state index contributed by atoms with van der Waals surface area (Å²) in [5.74, 6) is 0.323. The molecule has 0 spiro atoms. The van der Waals surface area contributed by atoms with Gasteiger partial charge >= 0.3 is 0 Å². The Bertz CT molecular complexity index is 572. The molecule has 1 aliphatic heterocycles. The molecule has 6 nitrogen and oxygen atoms in total. The summed E-state index contributed by atoms with van der Waals surface area (Å²) < 4.78 is 5.38. The maximum atomic E-state index is 12.1. The normalized spacial score (nSPS) is 18.7. The number of benzene rings is 1. The fourth-order valence-electron chi connectivity index (χ4n) is 2.35. The Hall–Kier alpha value is -2.08. The summed E-state index contributed by atoms with van der Waals surface area (Å²) >= 11 is 0. The fraction of sp³-hybridized carbons (Fsp3) is 0.529. The average Bonchev–Trinajstić information content (AvgIpc) is 2.98. The van der Waals surface area contributed by atoms with Crippen LogP contribution in [-0.4, -0.2) is 30.1 Å². The van der Waals surface area contributed by atoms with Gasteiger partial charge in [-0.25, -0.2) is 4.99 Å². The molecular weight excluding hydrogens is 292 g/mol. The molecule has 1 amide bonds. The quantitative estimate of drug-likeness (QED) is 0.585. The molecule has 1 fully saturated rings. The summed E-state index contributed by atoms with van der Waals surface area (Å²) in [6.07, 6.45) is 1.39. The Labute approximate surface area is 137 Å². The highest BCUT2D eigenvalue weighted by atomic mass is 16.5. The van der Waals surface area contributed by atoms with Crippen LogP contribution in [0.2, 0.25) is 0 Å². The molecule has 1 aliphatic rings. The third kappa shape index (κ3) is 5.90. The number of guanidine groups is 1. The maximum Gasteiger partial charge on any atom is 0.253 e. The summed E-state index contributed by atoms with van der Waals surface area (Å²) in [5.41, 5.74) is 7.47. The number of anilines is 1. The van der Waals surface area contributed by atoms with Crippen molar-refractivity contribution in [2.75, 3.05) is 11.9 Å². The molecule has 4 N–H and O–H groups in total. The largest absolute Gasteiger partial charge is 0.370 e. The molecular formula is C17H26N4O2. The van der Waals surface area contributed by atoms with E-state index in [1.807, 2.05) is 45.0 Å². The number of hydrogen-bond acceptors (Lipinski definition) is 3. The van der Waals surface area contributed by atoms with Crippen molar-refractivity contribution >= 4 is 17.6 Å². The molecule has 0 saturated carbocycles. The van der Waals surface area contributed by atoms with Crippen molar-refractivity contribution in [2.45, 2.75) is 51.8 Å². The lowest BCUT2D eigenvalue weighted by Gasteiger charge is -2.21. The van der Waals surface area contributed by atoms with Gasteiger partial charge in [0.25, 0.3) is 5.91 Å². The minimum absolute atomic E-state index is 0.0861. The minimum Gasteiger partial charge on any atom is -0.370 e. The molecule has 0 aliphatic carbocycles. The topological polar surface area (TPSA) is 88.7 Å². The number of rotatable bonds is 4. The summed E-state index contributed by atoms with van der Waals surface area (Å²) in [6, 6.07) is 7.61. The number of nitrogens with zero attached hydrogens (tertiary/aromatic N) is 1. The Morgan fingerprint density at radius 3 is 2.87 bits per heavy atom. The van der Waals surface area contributed by atoms with E-state index < -0.39 is 0 Å². The van der Waals surface area contributed by atoms with E-state index in [2.05, 4.69) is 15.6 Å². The molecule has 6 heteroatoms. The second kappa shape index (κ2) is 7.46. The van der Waals surface area contributed by atoms with Gasteiger partial charge in [-0.15, -0.1) is 0 Å².